The monoisotopic (exact) mass is 277 g/mol. The van der Waals surface area contributed by atoms with Crippen LogP contribution in [0.2, 0.25) is 0 Å². The van der Waals surface area contributed by atoms with Crippen molar-refractivity contribution in [1.82, 2.24) is 0 Å². The maximum atomic E-state index is 11.0. The first-order valence-corrected chi connectivity index (χ1v) is 7.31. The van der Waals surface area contributed by atoms with E-state index in [1.54, 1.807) is 0 Å². The molecule has 0 amide bonds. The first-order chi connectivity index (χ1) is 9.56. The number of ether oxygens (including phenoxy) is 1. The summed E-state index contributed by atoms with van der Waals surface area (Å²) in [5, 5.41) is 12.5. The number of benzene rings is 1. The Kier molecular flexibility index (Phi) is 4.88. The average Bonchev–Trinajstić information content (AvgIpc) is 2.41. The van der Waals surface area contributed by atoms with Gasteiger partial charge in [0.05, 0.1) is 17.7 Å². The van der Waals surface area contributed by atoms with Gasteiger partial charge in [0.25, 0.3) is 0 Å². The van der Waals surface area contributed by atoms with Gasteiger partial charge in [-0.3, -0.25) is 4.79 Å². The molecule has 0 bridgehead atoms. The summed E-state index contributed by atoms with van der Waals surface area (Å²) in [6.45, 7) is 4.02. The predicted molar refractivity (Wildman–Crippen MR) is 79.2 cm³/mol. The lowest BCUT2D eigenvalue weighted by Crippen LogP contribution is -2.29. The van der Waals surface area contributed by atoms with E-state index in [1.807, 2.05) is 38.1 Å². The van der Waals surface area contributed by atoms with Crippen molar-refractivity contribution >= 4 is 11.7 Å². The standard InChI is InChI=1S/C16H23NO3/c1-11(2)20-15-6-4-3-5-14(15)17-13-9-7-12(8-10-13)16(18)19/h3-6,11-13,17H,7-10H2,1-2H3,(H,18,19). The minimum atomic E-state index is -0.660. The molecule has 1 aliphatic rings. The van der Waals surface area contributed by atoms with Crippen LogP contribution in [0.5, 0.6) is 5.75 Å². The molecule has 2 N–H and O–H groups in total. The maximum Gasteiger partial charge on any atom is 0.306 e. The van der Waals surface area contributed by atoms with Gasteiger partial charge in [-0.05, 0) is 51.7 Å². The molecule has 0 radical (unpaired) electrons. The van der Waals surface area contributed by atoms with Gasteiger partial charge in [0.1, 0.15) is 5.75 Å². The first-order valence-electron chi connectivity index (χ1n) is 7.31. The predicted octanol–water partition coefficient (Wildman–Crippen LogP) is 3.53. The third kappa shape index (κ3) is 3.89. The van der Waals surface area contributed by atoms with Crippen LogP contribution >= 0.6 is 0 Å². The summed E-state index contributed by atoms with van der Waals surface area (Å²) in [6.07, 6.45) is 3.43. The molecule has 1 aromatic rings. The van der Waals surface area contributed by atoms with Crippen LogP contribution in [0.15, 0.2) is 24.3 Å². The van der Waals surface area contributed by atoms with Crippen molar-refractivity contribution in [1.29, 1.82) is 0 Å². The molecular weight excluding hydrogens is 254 g/mol. The van der Waals surface area contributed by atoms with Crippen molar-refractivity contribution in [2.75, 3.05) is 5.32 Å². The summed E-state index contributed by atoms with van der Waals surface area (Å²) in [4.78, 5) is 11.0. The van der Waals surface area contributed by atoms with E-state index in [4.69, 9.17) is 9.84 Å². The van der Waals surface area contributed by atoms with Gasteiger partial charge in [-0.15, -0.1) is 0 Å². The second kappa shape index (κ2) is 6.64. The van der Waals surface area contributed by atoms with Crippen molar-refractivity contribution in [3.05, 3.63) is 24.3 Å². The Labute approximate surface area is 120 Å². The number of carboxylic acids is 1. The fraction of sp³-hybridized carbons (Fsp3) is 0.562. The Morgan fingerprint density at radius 3 is 2.50 bits per heavy atom. The number of carboxylic acid groups (broad SMARTS) is 1. The number of rotatable bonds is 5. The van der Waals surface area contributed by atoms with Gasteiger partial charge in [0.15, 0.2) is 0 Å². The number of carbonyl (C=O) groups is 1. The minimum absolute atomic E-state index is 0.140. The minimum Gasteiger partial charge on any atom is -0.489 e. The lowest BCUT2D eigenvalue weighted by Gasteiger charge is -2.28. The lowest BCUT2D eigenvalue weighted by molar-refractivity contribution is -0.142. The van der Waals surface area contributed by atoms with Crippen LogP contribution in [0, 0.1) is 5.92 Å². The molecule has 1 saturated carbocycles. The van der Waals surface area contributed by atoms with E-state index in [9.17, 15) is 4.79 Å². The van der Waals surface area contributed by atoms with Gasteiger partial charge >= 0.3 is 5.97 Å². The van der Waals surface area contributed by atoms with Crippen LogP contribution < -0.4 is 10.1 Å². The van der Waals surface area contributed by atoms with Crippen molar-refractivity contribution < 1.29 is 14.6 Å². The molecule has 0 atom stereocenters. The molecule has 0 aromatic heterocycles. The molecule has 0 unspecified atom stereocenters. The molecule has 1 fully saturated rings. The van der Waals surface area contributed by atoms with E-state index in [0.717, 1.165) is 37.1 Å². The number of anilines is 1. The van der Waals surface area contributed by atoms with Crippen molar-refractivity contribution in [3.8, 4) is 5.75 Å². The fourth-order valence-corrected chi connectivity index (χ4v) is 2.65. The van der Waals surface area contributed by atoms with Crippen LogP contribution in [0.4, 0.5) is 5.69 Å². The van der Waals surface area contributed by atoms with E-state index in [2.05, 4.69) is 5.32 Å². The number of aliphatic carboxylic acids is 1. The zero-order valence-corrected chi connectivity index (χ0v) is 12.1. The average molecular weight is 277 g/mol. The maximum absolute atomic E-state index is 11.0. The zero-order valence-electron chi connectivity index (χ0n) is 12.1. The second-order valence-corrected chi connectivity index (χ2v) is 5.69. The summed E-state index contributed by atoms with van der Waals surface area (Å²) < 4.78 is 5.79. The molecule has 20 heavy (non-hydrogen) atoms. The summed E-state index contributed by atoms with van der Waals surface area (Å²) in [5.41, 5.74) is 1.000. The molecule has 0 saturated heterocycles. The van der Waals surface area contributed by atoms with E-state index in [-0.39, 0.29) is 12.0 Å². The van der Waals surface area contributed by atoms with Gasteiger partial charge < -0.3 is 15.2 Å². The molecule has 1 aliphatic carbocycles. The van der Waals surface area contributed by atoms with Gasteiger partial charge in [-0.2, -0.15) is 0 Å². The molecular formula is C16H23NO3. The summed E-state index contributed by atoms with van der Waals surface area (Å²) in [6, 6.07) is 8.26. The lowest BCUT2D eigenvalue weighted by atomic mass is 9.86. The van der Waals surface area contributed by atoms with E-state index < -0.39 is 5.97 Å². The van der Waals surface area contributed by atoms with Crippen LogP contribution in [-0.4, -0.2) is 23.2 Å². The summed E-state index contributed by atoms with van der Waals surface area (Å²) in [5.74, 6) is 0.0325. The molecule has 110 valence electrons. The van der Waals surface area contributed by atoms with Gasteiger partial charge in [-0.25, -0.2) is 0 Å². The number of nitrogens with one attached hydrogen (secondary N) is 1. The Hall–Kier alpha value is -1.71. The molecule has 1 aromatic carbocycles. The molecule has 2 rings (SSSR count). The molecule has 4 heteroatoms. The first kappa shape index (κ1) is 14.7. The van der Waals surface area contributed by atoms with Crippen LogP contribution in [0.3, 0.4) is 0 Å². The third-order valence-electron chi connectivity index (χ3n) is 3.69. The Morgan fingerprint density at radius 2 is 1.90 bits per heavy atom. The molecule has 4 nitrogen and oxygen atoms in total. The Balaban J connectivity index is 1.96. The number of para-hydroxylation sites is 2. The number of hydrogen-bond donors (Lipinski definition) is 2. The normalized spacial score (nSPS) is 22.6. The van der Waals surface area contributed by atoms with Gasteiger partial charge in [0, 0.05) is 6.04 Å². The quantitative estimate of drug-likeness (QED) is 0.864. The van der Waals surface area contributed by atoms with Crippen LogP contribution in [-0.2, 0) is 4.79 Å². The highest BCUT2D eigenvalue weighted by molar-refractivity contribution is 5.70. The molecule has 0 spiro atoms. The van der Waals surface area contributed by atoms with E-state index >= 15 is 0 Å². The van der Waals surface area contributed by atoms with Crippen LogP contribution in [0.1, 0.15) is 39.5 Å². The van der Waals surface area contributed by atoms with E-state index in [0.29, 0.717) is 6.04 Å². The third-order valence-corrected chi connectivity index (χ3v) is 3.69. The largest absolute Gasteiger partial charge is 0.489 e. The van der Waals surface area contributed by atoms with Crippen LogP contribution in [0.25, 0.3) is 0 Å². The van der Waals surface area contributed by atoms with E-state index in [1.165, 1.54) is 0 Å². The smallest absolute Gasteiger partial charge is 0.306 e. The highest BCUT2D eigenvalue weighted by Gasteiger charge is 2.26. The SMILES string of the molecule is CC(C)Oc1ccccc1NC1CCC(C(=O)O)CC1. The summed E-state index contributed by atoms with van der Waals surface area (Å²) >= 11 is 0. The number of hydrogen-bond acceptors (Lipinski definition) is 3. The molecule has 0 heterocycles. The van der Waals surface area contributed by atoms with Crippen molar-refractivity contribution in [2.45, 2.75) is 51.7 Å². The summed E-state index contributed by atoms with van der Waals surface area (Å²) in [7, 11) is 0. The topological polar surface area (TPSA) is 58.6 Å². The van der Waals surface area contributed by atoms with Crippen molar-refractivity contribution in [3.63, 3.8) is 0 Å². The van der Waals surface area contributed by atoms with Gasteiger partial charge in [-0.1, -0.05) is 12.1 Å². The van der Waals surface area contributed by atoms with Gasteiger partial charge in [0.2, 0.25) is 0 Å². The Bertz CT molecular complexity index is 451. The van der Waals surface area contributed by atoms with Crippen molar-refractivity contribution in [2.24, 2.45) is 5.92 Å². The highest BCUT2D eigenvalue weighted by atomic mass is 16.5. The second-order valence-electron chi connectivity index (χ2n) is 5.69. The molecule has 0 aliphatic heterocycles. The zero-order chi connectivity index (χ0) is 14.5. The fourth-order valence-electron chi connectivity index (χ4n) is 2.65. The Morgan fingerprint density at radius 1 is 1.25 bits per heavy atom. The highest BCUT2D eigenvalue weighted by Crippen LogP contribution is 2.30.